The number of hydrogen-bond donors (Lipinski definition) is 1. The van der Waals surface area contributed by atoms with Gasteiger partial charge in [-0.25, -0.2) is 4.98 Å². The van der Waals surface area contributed by atoms with Crippen LogP contribution in [0.3, 0.4) is 0 Å². The largest absolute Gasteiger partial charge is 0.497 e. The lowest BCUT2D eigenvalue weighted by Gasteiger charge is -2.20. The highest BCUT2D eigenvalue weighted by atomic mass is 35.5. The molecule has 4 rings (SSSR count). The molecule has 1 N–H and O–H groups in total. The molecule has 0 saturated carbocycles. The van der Waals surface area contributed by atoms with Gasteiger partial charge in [0.2, 0.25) is 0 Å². The summed E-state index contributed by atoms with van der Waals surface area (Å²) in [7, 11) is 3.70. The van der Waals surface area contributed by atoms with Gasteiger partial charge in [-0.05, 0) is 25.2 Å². The van der Waals surface area contributed by atoms with E-state index in [2.05, 4.69) is 22.2 Å². The van der Waals surface area contributed by atoms with Crippen molar-refractivity contribution in [2.45, 2.75) is 13.0 Å². The summed E-state index contributed by atoms with van der Waals surface area (Å²) in [4.78, 5) is 21.2. The highest BCUT2D eigenvalue weighted by molar-refractivity contribution is 7.22. The van der Waals surface area contributed by atoms with Crippen molar-refractivity contribution in [3.05, 3.63) is 38.7 Å². The predicted molar refractivity (Wildman–Crippen MR) is 103 cm³/mol. The minimum atomic E-state index is -0.218. The highest BCUT2D eigenvalue weighted by Gasteiger charge is 2.22. The van der Waals surface area contributed by atoms with Crippen LogP contribution in [0, 0.1) is 0 Å². The minimum Gasteiger partial charge on any atom is -0.497 e. The zero-order chi connectivity index (χ0) is 17.6. The van der Waals surface area contributed by atoms with Crippen LogP contribution in [0.2, 0.25) is 5.02 Å². The first kappa shape index (κ1) is 16.8. The maximum atomic E-state index is 12.7. The Morgan fingerprint density at radius 2 is 2.24 bits per heavy atom. The first-order chi connectivity index (χ1) is 12.0. The molecule has 3 aromatic rings. The lowest BCUT2D eigenvalue weighted by molar-refractivity contribution is 0.103. The van der Waals surface area contributed by atoms with Crippen molar-refractivity contribution in [1.29, 1.82) is 0 Å². The second-order valence-corrected chi connectivity index (χ2v) is 8.45. The van der Waals surface area contributed by atoms with Gasteiger partial charge in [0.1, 0.15) is 10.6 Å². The predicted octanol–water partition coefficient (Wildman–Crippen LogP) is 4.26. The number of ether oxygens (including phenoxy) is 1. The lowest BCUT2D eigenvalue weighted by Crippen LogP contribution is -2.25. The van der Waals surface area contributed by atoms with Crippen molar-refractivity contribution in [3.63, 3.8) is 0 Å². The van der Waals surface area contributed by atoms with Crippen molar-refractivity contribution in [1.82, 2.24) is 9.88 Å². The first-order valence-corrected chi connectivity index (χ1v) is 9.80. The fraction of sp³-hybridized carbons (Fsp3) is 0.294. The van der Waals surface area contributed by atoms with Gasteiger partial charge >= 0.3 is 0 Å². The SMILES string of the molecule is COc1ccc2sc(C(=O)Nc3nc4c(s3)CN(C)CC4)c(Cl)c2c1. The molecular formula is C17H16ClN3O2S2. The highest BCUT2D eigenvalue weighted by Crippen LogP contribution is 2.38. The summed E-state index contributed by atoms with van der Waals surface area (Å²) >= 11 is 9.35. The van der Waals surface area contributed by atoms with Gasteiger partial charge in [-0.3, -0.25) is 10.1 Å². The Bertz CT molecular complexity index is 966. The Morgan fingerprint density at radius 1 is 1.40 bits per heavy atom. The first-order valence-electron chi connectivity index (χ1n) is 7.79. The van der Waals surface area contributed by atoms with Crippen LogP contribution in [-0.4, -0.2) is 36.5 Å². The standard InChI is InChI=1S/C17H16ClN3O2S2/c1-21-6-5-11-13(8-21)25-17(19-11)20-16(22)15-14(18)10-7-9(23-2)3-4-12(10)24-15/h3-4,7H,5-6,8H2,1-2H3,(H,19,20,22). The molecule has 2 aromatic heterocycles. The van der Waals surface area contributed by atoms with Crippen molar-refractivity contribution in [3.8, 4) is 5.75 Å². The van der Waals surface area contributed by atoms with E-state index in [0.717, 1.165) is 41.0 Å². The minimum absolute atomic E-state index is 0.218. The fourth-order valence-electron chi connectivity index (χ4n) is 2.85. The van der Waals surface area contributed by atoms with Crippen LogP contribution in [0.1, 0.15) is 20.2 Å². The monoisotopic (exact) mass is 393 g/mol. The van der Waals surface area contributed by atoms with E-state index in [1.165, 1.54) is 27.6 Å². The Kier molecular flexibility index (Phi) is 4.41. The summed E-state index contributed by atoms with van der Waals surface area (Å²) in [5.41, 5.74) is 1.09. The molecule has 0 aliphatic carbocycles. The second kappa shape index (κ2) is 6.57. The Hall–Kier alpha value is -1.67. The van der Waals surface area contributed by atoms with E-state index < -0.39 is 0 Å². The smallest absolute Gasteiger partial charge is 0.269 e. The number of methoxy groups -OCH3 is 1. The molecule has 0 spiro atoms. The third-order valence-electron chi connectivity index (χ3n) is 4.18. The van der Waals surface area contributed by atoms with E-state index in [0.29, 0.717) is 15.0 Å². The number of anilines is 1. The summed E-state index contributed by atoms with van der Waals surface area (Å²) in [5, 5.41) is 4.83. The van der Waals surface area contributed by atoms with Gasteiger partial charge in [0.25, 0.3) is 5.91 Å². The van der Waals surface area contributed by atoms with Crippen LogP contribution in [0.4, 0.5) is 5.13 Å². The summed E-state index contributed by atoms with van der Waals surface area (Å²) in [5.74, 6) is 0.500. The molecule has 8 heteroatoms. The van der Waals surface area contributed by atoms with Crippen molar-refractivity contribution in [2.24, 2.45) is 0 Å². The maximum absolute atomic E-state index is 12.7. The fourth-order valence-corrected chi connectivity index (χ4v) is 5.32. The molecule has 1 aromatic carbocycles. The molecule has 0 bridgehead atoms. The van der Waals surface area contributed by atoms with Gasteiger partial charge in [0.15, 0.2) is 5.13 Å². The molecule has 5 nitrogen and oxygen atoms in total. The molecule has 130 valence electrons. The zero-order valence-electron chi connectivity index (χ0n) is 13.8. The molecule has 3 heterocycles. The number of rotatable bonds is 3. The molecule has 0 radical (unpaired) electrons. The van der Waals surface area contributed by atoms with Crippen LogP contribution < -0.4 is 10.1 Å². The van der Waals surface area contributed by atoms with Gasteiger partial charge < -0.3 is 9.64 Å². The Labute approximate surface area is 158 Å². The van der Waals surface area contributed by atoms with Crippen LogP contribution in [0.15, 0.2) is 18.2 Å². The van der Waals surface area contributed by atoms with Crippen molar-refractivity contribution < 1.29 is 9.53 Å². The molecule has 0 saturated heterocycles. The molecule has 0 unspecified atom stereocenters. The molecule has 0 atom stereocenters. The third-order valence-corrected chi connectivity index (χ3v) is 6.86. The topological polar surface area (TPSA) is 54.5 Å². The van der Waals surface area contributed by atoms with Gasteiger partial charge in [-0.15, -0.1) is 22.7 Å². The summed E-state index contributed by atoms with van der Waals surface area (Å²) in [6, 6.07) is 5.63. The molecule has 1 aliphatic heterocycles. The number of aromatic nitrogens is 1. The summed E-state index contributed by atoms with van der Waals surface area (Å²) in [6.07, 6.45) is 0.918. The van der Waals surface area contributed by atoms with Crippen molar-refractivity contribution in [2.75, 3.05) is 26.0 Å². The van der Waals surface area contributed by atoms with Gasteiger partial charge in [0.05, 0.1) is 17.8 Å². The van der Waals surface area contributed by atoms with Crippen molar-refractivity contribution >= 4 is 55.4 Å². The van der Waals surface area contributed by atoms with Gasteiger partial charge in [0, 0.05) is 34.5 Å². The molecule has 1 aliphatic rings. The van der Waals surface area contributed by atoms with E-state index in [9.17, 15) is 4.79 Å². The normalized spacial score (nSPS) is 14.5. The van der Waals surface area contributed by atoms with Crippen LogP contribution >= 0.6 is 34.3 Å². The van der Waals surface area contributed by atoms with Crippen LogP contribution in [0.5, 0.6) is 5.75 Å². The number of thiazole rings is 1. The van der Waals surface area contributed by atoms with E-state index in [1.54, 1.807) is 7.11 Å². The zero-order valence-corrected chi connectivity index (χ0v) is 16.1. The van der Waals surface area contributed by atoms with Gasteiger partial charge in [-0.2, -0.15) is 0 Å². The number of nitrogens with zero attached hydrogens (tertiary/aromatic N) is 2. The average Bonchev–Trinajstić information content (AvgIpc) is 3.14. The molecule has 25 heavy (non-hydrogen) atoms. The number of amides is 1. The average molecular weight is 394 g/mol. The lowest BCUT2D eigenvalue weighted by atomic mass is 10.2. The van der Waals surface area contributed by atoms with Crippen LogP contribution in [-0.2, 0) is 13.0 Å². The molecular weight excluding hydrogens is 378 g/mol. The van der Waals surface area contributed by atoms with E-state index in [-0.39, 0.29) is 5.91 Å². The second-order valence-electron chi connectivity index (χ2n) is 5.94. The Balaban J connectivity index is 1.61. The number of carbonyl (C=O) groups is 1. The summed E-state index contributed by atoms with van der Waals surface area (Å²) in [6.45, 7) is 1.88. The van der Waals surface area contributed by atoms with Gasteiger partial charge in [-0.1, -0.05) is 11.6 Å². The number of carbonyl (C=O) groups excluding carboxylic acids is 1. The van der Waals surface area contributed by atoms with Crippen LogP contribution in [0.25, 0.3) is 10.1 Å². The Morgan fingerprint density at radius 3 is 3.04 bits per heavy atom. The van der Waals surface area contributed by atoms with E-state index in [4.69, 9.17) is 16.3 Å². The maximum Gasteiger partial charge on any atom is 0.269 e. The molecule has 0 fully saturated rings. The third kappa shape index (κ3) is 3.13. The number of likely N-dealkylation sites (N-methyl/N-ethyl adjacent to an activating group) is 1. The number of hydrogen-bond acceptors (Lipinski definition) is 6. The van der Waals surface area contributed by atoms with E-state index >= 15 is 0 Å². The number of nitrogens with one attached hydrogen (secondary N) is 1. The quantitative estimate of drug-likeness (QED) is 0.722. The summed E-state index contributed by atoms with van der Waals surface area (Å²) < 4.78 is 6.19. The number of thiophene rings is 1. The number of fused-ring (bicyclic) bond motifs is 2. The number of benzene rings is 1. The van der Waals surface area contributed by atoms with E-state index in [1.807, 2.05) is 18.2 Å². The number of halogens is 1. The molecule has 1 amide bonds.